The van der Waals surface area contributed by atoms with Crippen LogP contribution in [0.5, 0.6) is 0 Å². The van der Waals surface area contributed by atoms with Crippen LogP contribution in [-0.4, -0.2) is 23.3 Å². The Hall–Kier alpha value is 0.114. The zero-order valence-corrected chi connectivity index (χ0v) is 8.96. The first-order valence-electron chi connectivity index (χ1n) is 2.62. The molecular formula is C6H9NO2Y-2. The maximum atomic E-state index is 10.4. The summed E-state index contributed by atoms with van der Waals surface area (Å²) < 4.78 is 0. The van der Waals surface area contributed by atoms with Crippen molar-refractivity contribution in [2.24, 2.45) is 0 Å². The van der Waals surface area contributed by atoms with E-state index in [2.05, 4.69) is 6.92 Å². The SMILES string of the molecule is [CH2-]C(=O)N([C-]=O)C(C)C.[Y]. The predicted molar refractivity (Wildman–Crippen MR) is 33.0 cm³/mol. The normalized spacial score (nSPS) is 8.30. The van der Waals surface area contributed by atoms with Crippen molar-refractivity contribution in [3.63, 3.8) is 0 Å². The number of rotatable bonds is 2. The fourth-order valence-electron chi connectivity index (χ4n) is 0.444. The van der Waals surface area contributed by atoms with Crippen LogP contribution in [0.15, 0.2) is 0 Å². The summed E-state index contributed by atoms with van der Waals surface area (Å²) in [4.78, 5) is 21.2. The molecule has 0 aromatic carbocycles. The van der Waals surface area contributed by atoms with E-state index in [9.17, 15) is 9.59 Å². The van der Waals surface area contributed by atoms with E-state index in [0.29, 0.717) is 0 Å². The van der Waals surface area contributed by atoms with Crippen LogP contribution in [0.3, 0.4) is 0 Å². The summed E-state index contributed by atoms with van der Waals surface area (Å²) in [5.41, 5.74) is 0. The summed E-state index contributed by atoms with van der Waals surface area (Å²) in [5.74, 6) is -0.514. The van der Waals surface area contributed by atoms with Crippen molar-refractivity contribution in [2.75, 3.05) is 0 Å². The third-order valence-corrected chi connectivity index (χ3v) is 0.883. The van der Waals surface area contributed by atoms with Gasteiger partial charge in [-0.3, -0.25) is 0 Å². The molecule has 3 nitrogen and oxygen atoms in total. The number of hydrogen-bond donors (Lipinski definition) is 0. The fraction of sp³-hybridized carbons (Fsp3) is 0.500. The fourth-order valence-corrected chi connectivity index (χ4v) is 0.444. The smallest absolute Gasteiger partial charge is 0.0723 e. The van der Waals surface area contributed by atoms with Gasteiger partial charge < -0.3 is 21.4 Å². The summed E-state index contributed by atoms with van der Waals surface area (Å²) in [6.45, 7) is 6.49. The van der Waals surface area contributed by atoms with Crippen molar-refractivity contribution in [1.82, 2.24) is 4.90 Å². The van der Waals surface area contributed by atoms with Crippen LogP contribution in [0.4, 0.5) is 0 Å². The molecule has 2 amide bonds. The molecule has 0 aromatic heterocycles. The number of imide groups is 1. The maximum absolute atomic E-state index is 10.4. The van der Waals surface area contributed by atoms with E-state index in [4.69, 9.17) is 0 Å². The van der Waals surface area contributed by atoms with E-state index >= 15 is 0 Å². The number of hydrogen-bond acceptors (Lipinski definition) is 2. The number of amides is 2. The van der Waals surface area contributed by atoms with E-state index < -0.39 is 5.91 Å². The van der Waals surface area contributed by atoms with Gasteiger partial charge in [0.1, 0.15) is 0 Å². The van der Waals surface area contributed by atoms with Gasteiger partial charge >= 0.3 is 0 Å². The minimum atomic E-state index is -0.514. The van der Waals surface area contributed by atoms with Crippen LogP contribution in [0.25, 0.3) is 0 Å². The molecule has 4 heteroatoms. The van der Waals surface area contributed by atoms with Crippen molar-refractivity contribution in [3.05, 3.63) is 6.92 Å². The standard InChI is InChI=1S/C6H9NO2.Y/c1-5(2)7(4-8)6(3)9;/h5H,3H2,1-2H3;/q-2;. The molecule has 0 aliphatic carbocycles. The zero-order chi connectivity index (χ0) is 7.44. The van der Waals surface area contributed by atoms with Crippen LogP contribution in [0, 0.1) is 6.92 Å². The van der Waals surface area contributed by atoms with Gasteiger partial charge in [0.15, 0.2) is 0 Å². The molecule has 0 aromatic rings. The molecule has 0 saturated carbocycles. The molecule has 0 aliphatic rings. The Bertz CT molecular complexity index is 125. The van der Waals surface area contributed by atoms with Crippen LogP contribution in [0.2, 0.25) is 0 Å². The molecule has 1 radical (unpaired) electrons. The quantitative estimate of drug-likeness (QED) is 0.485. The van der Waals surface area contributed by atoms with Gasteiger partial charge in [0.05, 0.1) is 6.41 Å². The van der Waals surface area contributed by atoms with Crippen molar-refractivity contribution < 1.29 is 42.3 Å². The Kier molecular flexibility index (Phi) is 7.49. The Labute approximate surface area is 86.0 Å². The molecule has 0 rings (SSSR count). The molecule has 0 N–H and O–H groups in total. The van der Waals surface area contributed by atoms with Crippen LogP contribution < -0.4 is 0 Å². The first-order chi connectivity index (χ1) is 4.09. The second kappa shape index (κ2) is 5.87. The molecule has 0 heterocycles. The molecule has 0 atom stereocenters. The van der Waals surface area contributed by atoms with Crippen molar-refractivity contribution in [1.29, 1.82) is 0 Å². The average Bonchev–Trinajstić information content (AvgIpc) is 1.64. The molecule has 55 valence electrons. The monoisotopic (exact) mass is 216 g/mol. The second-order valence-electron chi connectivity index (χ2n) is 1.95. The number of carbonyl (C=O) groups is 1. The van der Waals surface area contributed by atoms with Gasteiger partial charge in [-0.2, -0.15) is 0 Å². The predicted octanol–water partition coefficient (Wildman–Crippen LogP) is 0.122. The molecule has 0 bridgehead atoms. The van der Waals surface area contributed by atoms with Gasteiger partial charge in [-0.1, -0.05) is 5.91 Å². The Morgan fingerprint density at radius 3 is 2.00 bits per heavy atom. The van der Waals surface area contributed by atoms with Gasteiger partial charge in [0.2, 0.25) is 0 Å². The Balaban J connectivity index is 0. The average molecular weight is 216 g/mol. The maximum Gasteiger partial charge on any atom is 0.0723 e. The van der Waals surface area contributed by atoms with Crippen molar-refractivity contribution >= 4 is 12.3 Å². The molecular weight excluding hydrogens is 207 g/mol. The topological polar surface area (TPSA) is 37.4 Å². The third kappa shape index (κ3) is 4.01. The first-order valence-corrected chi connectivity index (χ1v) is 2.62. The van der Waals surface area contributed by atoms with Gasteiger partial charge in [-0.25, -0.2) is 0 Å². The van der Waals surface area contributed by atoms with Crippen molar-refractivity contribution in [2.45, 2.75) is 19.9 Å². The van der Waals surface area contributed by atoms with E-state index in [1.54, 1.807) is 13.8 Å². The summed E-state index contributed by atoms with van der Waals surface area (Å²) in [7, 11) is 0. The first kappa shape index (κ1) is 12.8. The van der Waals surface area contributed by atoms with Gasteiger partial charge in [0.25, 0.3) is 0 Å². The van der Waals surface area contributed by atoms with Gasteiger partial charge in [-0.15, -0.1) is 0 Å². The Morgan fingerprint density at radius 2 is 2.00 bits per heavy atom. The minimum absolute atomic E-state index is 0. The molecule has 0 unspecified atom stereocenters. The summed E-state index contributed by atoms with van der Waals surface area (Å²) in [6, 6.07) is -0.146. The summed E-state index contributed by atoms with van der Waals surface area (Å²) >= 11 is 0. The molecule has 0 spiro atoms. The summed E-state index contributed by atoms with van der Waals surface area (Å²) in [6.07, 6.45) is 1.47. The van der Waals surface area contributed by atoms with Crippen LogP contribution in [0.1, 0.15) is 13.8 Å². The summed E-state index contributed by atoms with van der Waals surface area (Å²) in [5, 5.41) is 0. The number of carbonyl (C=O) groups excluding carboxylic acids is 2. The van der Waals surface area contributed by atoms with Crippen LogP contribution in [-0.2, 0) is 42.3 Å². The Morgan fingerprint density at radius 1 is 1.60 bits per heavy atom. The third-order valence-electron chi connectivity index (χ3n) is 0.883. The van der Waals surface area contributed by atoms with Gasteiger partial charge in [0, 0.05) is 32.7 Å². The van der Waals surface area contributed by atoms with E-state index in [1.807, 2.05) is 0 Å². The zero-order valence-electron chi connectivity index (χ0n) is 6.13. The van der Waals surface area contributed by atoms with E-state index in [-0.39, 0.29) is 38.8 Å². The minimum Gasteiger partial charge on any atom is -0.471 e. The molecule has 0 fully saturated rings. The van der Waals surface area contributed by atoms with Crippen molar-refractivity contribution in [3.8, 4) is 0 Å². The van der Waals surface area contributed by atoms with Gasteiger partial charge in [-0.05, 0) is 19.9 Å². The number of nitrogens with zero attached hydrogens (tertiary/aromatic N) is 1. The van der Waals surface area contributed by atoms with E-state index in [1.165, 1.54) is 6.41 Å². The van der Waals surface area contributed by atoms with Crippen LogP contribution >= 0.6 is 0 Å². The second-order valence-corrected chi connectivity index (χ2v) is 1.95. The largest absolute Gasteiger partial charge is 0.471 e. The molecule has 10 heavy (non-hydrogen) atoms. The van der Waals surface area contributed by atoms with E-state index in [0.717, 1.165) is 4.90 Å². The molecule has 0 saturated heterocycles. The molecule has 0 aliphatic heterocycles.